The molecule has 0 aliphatic carbocycles. The molecule has 0 aliphatic heterocycles. The molecule has 0 aromatic carbocycles. The minimum atomic E-state index is -0.402. The summed E-state index contributed by atoms with van der Waals surface area (Å²) in [6.07, 6.45) is 45.0. The summed E-state index contributed by atoms with van der Waals surface area (Å²) in [5.74, 6) is 12.8. The van der Waals surface area contributed by atoms with Crippen LogP contribution in [0, 0.1) is 29.6 Å². The van der Waals surface area contributed by atoms with Gasteiger partial charge in [-0.15, -0.1) is 0 Å². The van der Waals surface area contributed by atoms with Gasteiger partial charge in [0.05, 0.1) is 0 Å². The smallest absolute Gasteiger partial charge is 0.243 e. The van der Waals surface area contributed by atoms with Gasteiger partial charge in [-0.25, -0.2) is 0 Å². The number of unbranched alkanes of at least 4 members (excludes halogenated alkanes) is 31. The van der Waals surface area contributed by atoms with Gasteiger partial charge < -0.3 is 15.1 Å². The third-order valence-corrected chi connectivity index (χ3v) is 11.7. The molecule has 338 valence electrons. The molecule has 0 aromatic heterocycles. The number of hydrogen-bond donors (Lipinski definition) is 1. The highest BCUT2D eigenvalue weighted by Crippen LogP contribution is 2.18. The number of carbonyl (C=O) groups excluding carboxylic acids is 2. The molecule has 0 radical (unpaired) electrons. The van der Waals surface area contributed by atoms with Crippen LogP contribution in [0.4, 0.5) is 0 Å². The topological polar surface area (TPSA) is 52.7 Å². The molecular weight excluding hydrogens is 711 g/mol. The van der Waals surface area contributed by atoms with E-state index in [1.165, 1.54) is 167 Å². The van der Waals surface area contributed by atoms with E-state index in [-0.39, 0.29) is 17.7 Å². The molecule has 1 atom stereocenters. The maximum absolute atomic E-state index is 13.6. The molecular formula is C53H99N3O2. The van der Waals surface area contributed by atoms with E-state index in [0.717, 1.165) is 64.3 Å². The largest absolute Gasteiger partial charge is 0.354 e. The number of carbonyl (C=O) groups is 2. The molecule has 58 heavy (non-hydrogen) atoms. The van der Waals surface area contributed by atoms with Gasteiger partial charge in [0.25, 0.3) is 0 Å². The zero-order valence-corrected chi connectivity index (χ0v) is 39.9. The maximum atomic E-state index is 13.6. The number of rotatable bonds is 42. The Kier molecular flexibility index (Phi) is 43.0. The Morgan fingerprint density at radius 3 is 1.21 bits per heavy atom. The van der Waals surface area contributed by atoms with Crippen molar-refractivity contribution in [3.05, 3.63) is 0 Å². The van der Waals surface area contributed by atoms with E-state index in [1.807, 2.05) is 4.90 Å². The molecule has 0 saturated carbocycles. The first-order valence-electron chi connectivity index (χ1n) is 25.5. The molecule has 0 spiro atoms. The first-order valence-corrected chi connectivity index (χ1v) is 25.5. The van der Waals surface area contributed by atoms with E-state index in [2.05, 4.69) is 75.7 Å². The third-order valence-electron chi connectivity index (χ3n) is 11.7. The molecule has 1 unspecified atom stereocenters. The van der Waals surface area contributed by atoms with Crippen molar-refractivity contribution in [2.75, 3.05) is 33.7 Å². The fraction of sp³-hybridized carbons (Fsp3) is 0.887. The van der Waals surface area contributed by atoms with Gasteiger partial charge in [0.15, 0.2) is 0 Å². The summed E-state index contributed by atoms with van der Waals surface area (Å²) in [4.78, 5) is 31.2. The highest BCUT2D eigenvalue weighted by atomic mass is 16.2. The first kappa shape index (κ1) is 56.0. The van der Waals surface area contributed by atoms with Crippen molar-refractivity contribution >= 4 is 11.8 Å². The lowest BCUT2D eigenvalue weighted by molar-refractivity contribution is -0.142. The van der Waals surface area contributed by atoms with Crippen molar-refractivity contribution in [2.45, 2.75) is 265 Å². The Morgan fingerprint density at radius 1 is 0.466 bits per heavy atom. The molecule has 0 fully saturated rings. The first-order chi connectivity index (χ1) is 28.3. The van der Waals surface area contributed by atoms with E-state index in [4.69, 9.17) is 0 Å². The summed E-state index contributed by atoms with van der Waals surface area (Å²) in [5, 5.41) is 3.22. The maximum Gasteiger partial charge on any atom is 0.243 e. The lowest BCUT2D eigenvalue weighted by Crippen LogP contribution is -2.53. The van der Waals surface area contributed by atoms with Gasteiger partial charge >= 0.3 is 0 Å². The second-order valence-corrected chi connectivity index (χ2v) is 18.2. The van der Waals surface area contributed by atoms with Crippen LogP contribution in [-0.4, -0.2) is 61.4 Å². The van der Waals surface area contributed by atoms with Crippen LogP contribution < -0.4 is 5.32 Å². The SMILES string of the molecule is CCCCCCCCCCCCC#CC#CCCCCCCCCC(=O)N(CCCN(C)C)C(C(=O)NCCCCCCCCCCCCCCCCCC)C(C)C. The molecule has 0 bridgehead atoms. The van der Waals surface area contributed by atoms with Gasteiger partial charge in [-0.05, 0) is 70.5 Å². The summed E-state index contributed by atoms with van der Waals surface area (Å²) in [6, 6.07) is -0.402. The molecule has 0 aliphatic rings. The predicted octanol–water partition coefficient (Wildman–Crippen LogP) is 14.6. The van der Waals surface area contributed by atoms with Crippen molar-refractivity contribution in [1.82, 2.24) is 15.1 Å². The molecule has 0 rings (SSSR count). The van der Waals surface area contributed by atoms with Crippen LogP contribution in [0.2, 0.25) is 0 Å². The zero-order chi connectivity index (χ0) is 42.6. The van der Waals surface area contributed by atoms with Gasteiger partial charge in [-0.2, -0.15) is 0 Å². The minimum absolute atomic E-state index is 0.0253. The van der Waals surface area contributed by atoms with Gasteiger partial charge in [-0.3, -0.25) is 9.59 Å². The van der Waals surface area contributed by atoms with Crippen molar-refractivity contribution in [3.8, 4) is 23.7 Å². The number of nitrogens with zero attached hydrogens (tertiary/aromatic N) is 2. The lowest BCUT2D eigenvalue weighted by Gasteiger charge is -2.34. The van der Waals surface area contributed by atoms with E-state index >= 15 is 0 Å². The van der Waals surface area contributed by atoms with Gasteiger partial charge in [0.2, 0.25) is 11.8 Å². The Bertz CT molecular complexity index is 1030. The van der Waals surface area contributed by atoms with Crippen molar-refractivity contribution in [2.24, 2.45) is 5.92 Å². The molecule has 1 N–H and O–H groups in total. The number of nitrogens with one attached hydrogen (secondary N) is 1. The van der Waals surface area contributed by atoms with Crippen molar-refractivity contribution in [3.63, 3.8) is 0 Å². The fourth-order valence-electron chi connectivity index (χ4n) is 8.02. The molecule has 0 heterocycles. The predicted molar refractivity (Wildman–Crippen MR) is 255 cm³/mol. The Labute approximate surface area is 363 Å². The summed E-state index contributed by atoms with van der Waals surface area (Å²) < 4.78 is 0. The quantitative estimate of drug-likeness (QED) is 0.0494. The highest BCUT2D eigenvalue weighted by Gasteiger charge is 2.31. The molecule has 5 heteroatoms. The average Bonchev–Trinajstić information content (AvgIpc) is 3.20. The normalized spacial score (nSPS) is 11.7. The third kappa shape index (κ3) is 38.2. The van der Waals surface area contributed by atoms with Gasteiger partial charge in [0, 0.05) is 32.4 Å². The number of hydrogen-bond acceptors (Lipinski definition) is 3. The molecule has 2 amide bonds. The lowest BCUT2D eigenvalue weighted by atomic mass is 9.99. The summed E-state index contributed by atoms with van der Waals surface area (Å²) in [6.45, 7) is 11.0. The van der Waals surface area contributed by atoms with Crippen LogP contribution in [-0.2, 0) is 9.59 Å². The van der Waals surface area contributed by atoms with E-state index in [1.54, 1.807) is 0 Å². The van der Waals surface area contributed by atoms with Crippen molar-refractivity contribution in [1.29, 1.82) is 0 Å². The van der Waals surface area contributed by atoms with Crippen LogP contribution in [0.5, 0.6) is 0 Å². The van der Waals surface area contributed by atoms with Crippen LogP contribution in [0.15, 0.2) is 0 Å². The average molecular weight is 810 g/mol. The highest BCUT2D eigenvalue weighted by molar-refractivity contribution is 5.87. The Balaban J connectivity index is 4.23. The van der Waals surface area contributed by atoms with Gasteiger partial charge in [-0.1, -0.05) is 219 Å². The Hall–Kier alpha value is -1.98. The number of amides is 2. The Morgan fingerprint density at radius 2 is 0.828 bits per heavy atom. The molecule has 5 nitrogen and oxygen atoms in total. The van der Waals surface area contributed by atoms with E-state index in [0.29, 0.717) is 19.5 Å². The van der Waals surface area contributed by atoms with E-state index < -0.39 is 6.04 Å². The van der Waals surface area contributed by atoms with E-state index in [9.17, 15) is 9.59 Å². The summed E-state index contributed by atoms with van der Waals surface area (Å²) in [5.41, 5.74) is 0. The standard InChI is InChI=1S/C53H99N3O2/c1-7-9-11-13-15-17-19-21-23-25-26-27-28-29-30-31-33-35-37-39-41-43-46-51(57)56(49-45-48-55(5)6)52(50(3)4)53(58)54-47-44-42-40-38-36-34-32-24-22-20-18-16-14-12-10-8-2/h50,52H,7-26,31-49H2,1-6H3,(H,54,58). The van der Waals surface area contributed by atoms with Crippen LogP contribution >= 0.6 is 0 Å². The van der Waals surface area contributed by atoms with Crippen LogP contribution in [0.1, 0.15) is 259 Å². The fourth-order valence-corrected chi connectivity index (χ4v) is 8.02. The molecule has 0 aromatic rings. The zero-order valence-electron chi connectivity index (χ0n) is 39.9. The van der Waals surface area contributed by atoms with Crippen LogP contribution in [0.25, 0.3) is 0 Å². The van der Waals surface area contributed by atoms with Crippen molar-refractivity contribution < 1.29 is 9.59 Å². The van der Waals surface area contributed by atoms with Crippen LogP contribution in [0.3, 0.4) is 0 Å². The summed E-state index contributed by atoms with van der Waals surface area (Å²) >= 11 is 0. The second-order valence-electron chi connectivity index (χ2n) is 18.2. The monoisotopic (exact) mass is 810 g/mol. The van der Waals surface area contributed by atoms with Gasteiger partial charge in [0.1, 0.15) is 6.04 Å². The minimum Gasteiger partial charge on any atom is -0.354 e. The summed E-state index contributed by atoms with van der Waals surface area (Å²) in [7, 11) is 4.13. The second kappa shape index (κ2) is 44.6. The molecule has 0 saturated heterocycles.